The Labute approximate surface area is 99.2 Å². The largest absolute Gasteiger partial charge is 0.383 e. The topological polar surface area (TPSA) is 43.8 Å². The fraction of sp³-hybridized carbons (Fsp3) is 0.727. The van der Waals surface area contributed by atoms with E-state index in [1.54, 1.807) is 0 Å². The van der Waals surface area contributed by atoms with Crippen molar-refractivity contribution in [2.75, 3.05) is 5.73 Å². The second kappa shape index (κ2) is 4.16. The lowest BCUT2D eigenvalue weighted by molar-refractivity contribution is 0.439. The Hall–Kier alpha value is -0.510. The fourth-order valence-corrected chi connectivity index (χ4v) is 2.73. The molecule has 84 valence electrons. The van der Waals surface area contributed by atoms with E-state index in [4.69, 9.17) is 5.73 Å². The minimum atomic E-state index is 0.514. The van der Waals surface area contributed by atoms with Crippen molar-refractivity contribution >= 4 is 21.7 Å². The standard InChI is InChI=1S/C11H18BrN3/c1-3-8-4-5-9(6-8)15-11(13)10(12)7(2)14-15/h8-9H,3-6,13H2,1-2H3. The molecule has 1 fully saturated rings. The number of nitrogens with two attached hydrogens (primary N) is 1. The highest BCUT2D eigenvalue weighted by Crippen LogP contribution is 2.38. The van der Waals surface area contributed by atoms with Crippen molar-refractivity contribution in [1.82, 2.24) is 9.78 Å². The zero-order valence-corrected chi connectivity index (χ0v) is 10.9. The number of rotatable bonds is 2. The van der Waals surface area contributed by atoms with E-state index in [1.807, 2.05) is 11.6 Å². The summed E-state index contributed by atoms with van der Waals surface area (Å²) in [5.74, 6) is 1.65. The van der Waals surface area contributed by atoms with Gasteiger partial charge in [0.2, 0.25) is 0 Å². The van der Waals surface area contributed by atoms with E-state index < -0.39 is 0 Å². The van der Waals surface area contributed by atoms with Gasteiger partial charge in [0, 0.05) is 0 Å². The van der Waals surface area contributed by atoms with Gasteiger partial charge in [0.1, 0.15) is 5.82 Å². The molecule has 4 heteroatoms. The maximum absolute atomic E-state index is 6.02. The summed E-state index contributed by atoms with van der Waals surface area (Å²) in [7, 11) is 0. The van der Waals surface area contributed by atoms with Crippen LogP contribution in [0.5, 0.6) is 0 Å². The lowest BCUT2D eigenvalue weighted by Crippen LogP contribution is -2.10. The van der Waals surface area contributed by atoms with Crippen molar-refractivity contribution in [1.29, 1.82) is 0 Å². The highest BCUT2D eigenvalue weighted by Gasteiger charge is 2.27. The van der Waals surface area contributed by atoms with Crippen LogP contribution in [0.1, 0.15) is 44.3 Å². The van der Waals surface area contributed by atoms with Gasteiger partial charge >= 0.3 is 0 Å². The average Bonchev–Trinajstić information content (AvgIpc) is 2.79. The number of hydrogen-bond donors (Lipinski definition) is 1. The van der Waals surface area contributed by atoms with E-state index >= 15 is 0 Å². The minimum absolute atomic E-state index is 0.514. The van der Waals surface area contributed by atoms with E-state index in [0.29, 0.717) is 6.04 Å². The summed E-state index contributed by atoms with van der Waals surface area (Å²) in [6.45, 7) is 4.25. The number of nitrogen functional groups attached to an aromatic ring is 1. The molecule has 1 aromatic heterocycles. The van der Waals surface area contributed by atoms with Crippen LogP contribution < -0.4 is 5.73 Å². The first kappa shape index (κ1) is 11.0. The molecule has 1 heterocycles. The van der Waals surface area contributed by atoms with E-state index in [9.17, 15) is 0 Å². The van der Waals surface area contributed by atoms with E-state index in [0.717, 1.165) is 21.9 Å². The number of aryl methyl sites for hydroxylation is 1. The highest BCUT2D eigenvalue weighted by molar-refractivity contribution is 9.10. The Bertz CT molecular complexity index is 359. The SMILES string of the molecule is CCC1CCC(n2nc(C)c(Br)c2N)C1. The van der Waals surface area contributed by atoms with Gasteiger partial charge in [-0.05, 0) is 48.0 Å². The van der Waals surface area contributed by atoms with Crippen molar-refractivity contribution in [3.63, 3.8) is 0 Å². The molecule has 0 aromatic carbocycles. The lowest BCUT2D eigenvalue weighted by Gasteiger charge is -2.12. The number of nitrogens with zero attached hydrogens (tertiary/aromatic N) is 2. The Balaban J connectivity index is 2.20. The zero-order valence-electron chi connectivity index (χ0n) is 9.33. The van der Waals surface area contributed by atoms with Crippen molar-refractivity contribution < 1.29 is 0 Å². The Morgan fingerprint density at radius 3 is 2.73 bits per heavy atom. The monoisotopic (exact) mass is 271 g/mol. The van der Waals surface area contributed by atoms with Gasteiger partial charge in [-0.1, -0.05) is 13.3 Å². The summed E-state index contributed by atoms with van der Waals surface area (Å²) < 4.78 is 2.97. The van der Waals surface area contributed by atoms with Crippen LogP contribution in [0.2, 0.25) is 0 Å². The summed E-state index contributed by atoms with van der Waals surface area (Å²) in [6, 6.07) is 0.514. The molecule has 2 unspecified atom stereocenters. The molecule has 1 aliphatic rings. The molecule has 0 radical (unpaired) electrons. The predicted octanol–water partition coefficient (Wildman–Crippen LogP) is 3.29. The van der Waals surface area contributed by atoms with Crippen LogP contribution in [0.3, 0.4) is 0 Å². The molecule has 0 spiro atoms. The van der Waals surface area contributed by atoms with Gasteiger partial charge in [0.05, 0.1) is 16.2 Å². The number of anilines is 1. The molecular formula is C11H18BrN3. The molecule has 1 saturated carbocycles. The van der Waals surface area contributed by atoms with Crippen LogP contribution in [0, 0.1) is 12.8 Å². The molecule has 2 N–H and O–H groups in total. The molecule has 0 bridgehead atoms. The summed E-state index contributed by atoms with van der Waals surface area (Å²) >= 11 is 3.47. The molecule has 0 amide bonds. The molecular weight excluding hydrogens is 254 g/mol. The first-order valence-electron chi connectivity index (χ1n) is 5.63. The van der Waals surface area contributed by atoms with Gasteiger partial charge in [0.25, 0.3) is 0 Å². The summed E-state index contributed by atoms with van der Waals surface area (Å²) in [4.78, 5) is 0. The minimum Gasteiger partial charge on any atom is -0.383 e. The molecule has 1 aromatic rings. The smallest absolute Gasteiger partial charge is 0.136 e. The summed E-state index contributed by atoms with van der Waals surface area (Å²) in [6.07, 6.45) is 5.04. The first-order valence-corrected chi connectivity index (χ1v) is 6.42. The Morgan fingerprint density at radius 2 is 2.27 bits per heavy atom. The van der Waals surface area contributed by atoms with Crippen molar-refractivity contribution in [3.05, 3.63) is 10.2 Å². The lowest BCUT2D eigenvalue weighted by atomic mass is 10.1. The Morgan fingerprint density at radius 1 is 1.53 bits per heavy atom. The van der Waals surface area contributed by atoms with E-state index in [2.05, 4.69) is 28.0 Å². The van der Waals surface area contributed by atoms with Gasteiger partial charge in [-0.2, -0.15) is 5.10 Å². The van der Waals surface area contributed by atoms with Gasteiger partial charge in [-0.25, -0.2) is 4.68 Å². The third-order valence-corrected chi connectivity index (χ3v) is 4.46. The number of hydrogen-bond acceptors (Lipinski definition) is 2. The van der Waals surface area contributed by atoms with Crippen LogP contribution >= 0.6 is 15.9 Å². The zero-order chi connectivity index (χ0) is 11.0. The van der Waals surface area contributed by atoms with Crippen LogP contribution in [-0.2, 0) is 0 Å². The molecule has 1 aliphatic carbocycles. The van der Waals surface area contributed by atoms with Crippen LogP contribution in [-0.4, -0.2) is 9.78 Å². The Kier molecular flexibility index (Phi) is 3.05. The molecule has 15 heavy (non-hydrogen) atoms. The van der Waals surface area contributed by atoms with Gasteiger partial charge < -0.3 is 5.73 Å². The maximum Gasteiger partial charge on any atom is 0.136 e. The normalized spacial score (nSPS) is 26.1. The number of halogens is 1. The van der Waals surface area contributed by atoms with E-state index in [-0.39, 0.29) is 0 Å². The van der Waals surface area contributed by atoms with Gasteiger partial charge in [0.15, 0.2) is 0 Å². The molecule has 0 aliphatic heterocycles. The maximum atomic E-state index is 6.02. The molecule has 3 nitrogen and oxygen atoms in total. The fourth-order valence-electron chi connectivity index (χ4n) is 2.47. The van der Waals surface area contributed by atoms with Crippen LogP contribution in [0.4, 0.5) is 5.82 Å². The summed E-state index contributed by atoms with van der Waals surface area (Å²) in [5.41, 5.74) is 7.02. The predicted molar refractivity (Wildman–Crippen MR) is 65.7 cm³/mol. The van der Waals surface area contributed by atoms with Crippen LogP contribution in [0.25, 0.3) is 0 Å². The third-order valence-electron chi connectivity index (χ3n) is 3.48. The average molecular weight is 272 g/mol. The van der Waals surface area contributed by atoms with E-state index in [1.165, 1.54) is 25.7 Å². The molecule has 0 saturated heterocycles. The molecule has 2 rings (SSSR count). The quantitative estimate of drug-likeness (QED) is 0.897. The van der Waals surface area contributed by atoms with Crippen molar-refractivity contribution in [2.45, 2.75) is 45.6 Å². The van der Waals surface area contributed by atoms with Crippen LogP contribution in [0.15, 0.2) is 4.47 Å². The first-order chi connectivity index (χ1) is 7.13. The highest BCUT2D eigenvalue weighted by atomic mass is 79.9. The number of aromatic nitrogens is 2. The van der Waals surface area contributed by atoms with Gasteiger partial charge in [-0.3, -0.25) is 0 Å². The second-order valence-corrected chi connectivity index (χ2v) is 5.26. The third kappa shape index (κ3) is 1.92. The van der Waals surface area contributed by atoms with Crippen molar-refractivity contribution in [3.8, 4) is 0 Å². The summed E-state index contributed by atoms with van der Waals surface area (Å²) in [5, 5.41) is 4.51. The second-order valence-electron chi connectivity index (χ2n) is 4.47. The molecule has 2 atom stereocenters. The van der Waals surface area contributed by atoms with Crippen molar-refractivity contribution in [2.24, 2.45) is 5.92 Å². The van der Waals surface area contributed by atoms with Gasteiger partial charge in [-0.15, -0.1) is 0 Å².